The Bertz CT molecular complexity index is 1070. The number of pyridine rings is 1. The molecule has 0 unspecified atom stereocenters. The first-order chi connectivity index (χ1) is 13.9. The van der Waals surface area contributed by atoms with Crippen molar-refractivity contribution in [2.75, 3.05) is 17.7 Å². The number of hydrogen-bond acceptors (Lipinski definition) is 7. The maximum Gasteiger partial charge on any atom is 0.257 e. The van der Waals surface area contributed by atoms with Crippen LogP contribution in [0.25, 0.3) is 0 Å². The molecule has 0 aliphatic heterocycles. The van der Waals surface area contributed by atoms with Gasteiger partial charge in [-0.3, -0.25) is 19.7 Å². The molecule has 3 aromatic rings. The Labute approximate surface area is 170 Å². The van der Waals surface area contributed by atoms with Gasteiger partial charge in [0.05, 0.1) is 0 Å². The third-order valence-electron chi connectivity index (χ3n) is 3.83. The van der Waals surface area contributed by atoms with Gasteiger partial charge in [-0.1, -0.05) is 17.4 Å². The van der Waals surface area contributed by atoms with E-state index in [2.05, 4.69) is 20.8 Å². The average Bonchev–Trinajstić information content (AvgIpc) is 3.12. The number of carbonyl (C=O) groups excluding carboxylic acids is 2. The standard InChI is InChI=1S/C19H19N5O4S/c1-12-3-8-17(26)24(9-12)10-15(25)20-14-6-4-13(5-7-14)18(27)21-19-23-22-16(29-19)11-28-2/h3-9H,10-11H2,1-2H3,(H,20,25)(H,21,23,27). The van der Waals surface area contributed by atoms with Crippen LogP contribution in [0.15, 0.2) is 47.4 Å². The number of ether oxygens (including phenoxy) is 1. The maximum atomic E-state index is 12.3. The van der Waals surface area contributed by atoms with Gasteiger partial charge in [-0.05, 0) is 36.8 Å². The summed E-state index contributed by atoms with van der Waals surface area (Å²) >= 11 is 1.23. The summed E-state index contributed by atoms with van der Waals surface area (Å²) < 4.78 is 6.31. The van der Waals surface area contributed by atoms with Crippen molar-refractivity contribution in [2.45, 2.75) is 20.1 Å². The minimum atomic E-state index is -0.339. The van der Waals surface area contributed by atoms with Crippen molar-refractivity contribution in [3.05, 3.63) is 69.1 Å². The minimum Gasteiger partial charge on any atom is -0.377 e. The molecular weight excluding hydrogens is 394 g/mol. The topological polar surface area (TPSA) is 115 Å². The lowest BCUT2D eigenvalue weighted by Gasteiger charge is -2.08. The number of hydrogen-bond donors (Lipinski definition) is 2. The molecule has 0 spiro atoms. The molecule has 2 aromatic heterocycles. The van der Waals surface area contributed by atoms with Crippen molar-refractivity contribution >= 4 is 34.0 Å². The number of benzene rings is 1. The normalized spacial score (nSPS) is 10.6. The van der Waals surface area contributed by atoms with Crippen LogP contribution >= 0.6 is 11.3 Å². The maximum absolute atomic E-state index is 12.3. The van der Waals surface area contributed by atoms with E-state index in [1.807, 2.05) is 6.92 Å². The molecule has 2 amide bonds. The van der Waals surface area contributed by atoms with E-state index in [9.17, 15) is 14.4 Å². The number of rotatable bonds is 7. The SMILES string of the molecule is COCc1nnc(NC(=O)c2ccc(NC(=O)Cn3cc(C)ccc3=O)cc2)s1. The van der Waals surface area contributed by atoms with Crippen LogP contribution in [0, 0.1) is 6.92 Å². The van der Waals surface area contributed by atoms with Crippen LogP contribution in [0.1, 0.15) is 20.9 Å². The van der Waals surface area contributed by atoms with Crippen LogP contribution in [0.4, 0.5) is 10.8 Å². The number of carbonyl (C=O) groups is 2. The summed E-state index contributed by atoms with van der Waals surface area (Å²) in [5.74, 6) is -0.677. The zero-order valence-electron chi connectivity index (χ0n) is 15.8. The van der Waals surface area contributed by atoms with E-state index in [4.69, 9.17) is 4.74 Å². The molecule has 29 heavy (non-hydrogen) atoms. The van der Waals surface area contributed by atoms with Gasteiger partial charge < -0.3 is 14.6 Å². The third kappa shape index (κ3) is 5.56. The van der Waals surface area contributed by atoms with Crippen molar-refractivity contribution < 1.29 is 14.3 Å². The van der Waals surface area contributed by atoms with Gasteiger partial charge in [0, 0.05) is 30.6 Å². The van der Waals surface area contributed by atoms with E-state index in [1.54, 1.807) is 43.6 Å². The predicted octanol–water partition coefficient (Wildman–Crippen LogP) is 2.05. The van der Waals surface area contributed by atoms with E-state index in [0.717, 1.165) is 5.56 Å². The van der Waals surface area contributed by atoms with Crippen LogP contribution in [-0.4, -0.2) is 33.7 Å². The summed E-state index contributed by atoms with van der Waals surface area (Å²) in [4.78, 5) is 36.3. The molecule has 0 saturated carbocycles. The van der Waals surface area contributed by atoms with Crippen LogP contribution in [0.2, 0.25) is 0 Å². The largest absolute Gasteiger partial charge is 0.377 e. The fourth-order valence-corrected chi connectivity index (χ4v) is 3.20. The first-order valence-electron chi connectivity index (χ1n) is 8.64. The first kappa shape index (κ1) is 20.4. The Morgan fingerprint density at radius 1 is 1.10 bits per heavy atom. The molecule has 0 aliphatic carbocycles. The Kier molecular flexibility index (Phi) is 6.47. The molecule has 2 N–H and O–H groups in total. The monoisotopic (exact) mass is 413 g/mol. The highest BCUT2D eigenvalue weighted by molar-refractivity contribution is 7.15. The van der Waals surface area contributed by atoms with Crippen molar-refractivity contribution in [3.8, 4) is 0 Å². The van der Waals surface area contributed by atoms with E-state index in [0.29, 0.717) is 28.0 Å². The van der Waals surface area contributed by atoms with Gasteiger partial charge in [0.25, 0.3) is 11.5 Å². The molecule has 3 rings (SSSR count). The quantitative estimate of drug-likeness (QED) is 0.613. The summed E-state index contributed by atoms with van der Waals surface area (Å²) in [5.41, 5.74) is 1.56. The van der Waals surface area contributed by atoms with E-state index >= 15 is 0 Å². The van der Waals surface area contributed by atoms with E-state index < -0.39 is 0 Å². The van der Waals surface area contributed by atoms with Gasteiger partial charge in [-0.25, -0.2) is 0 Å². The smallest absolute Gasteiger partial charge is 0.257 e. The highest BCUT2D eigenvalue weighted by Crippen LogP contribution is 2.17. The highest BCUT2D eigenvalue weighted by Gasteiger charge is 2.11. The number of methoxy groups -OCH3 is 1. The highest BCUT2D eigenvalue weighted by atomic mass is 32.1. The summed E-state index contributed by atoms with van der Waals surface area (Å²) in [5, 5.41) is 14.2. The number of amides is 2. The Hall–Kier alpha value is -3.37. The Morgan fingerprint density at radius 3 is 2.59 bits per heavy atom. The molecule has 0 fully saturated rings. The van der Waals surface area contributed by atoms with Crippen molar-refractivity contribution in [1.29, 1.82) is 0 Å². The first-order valence-corrected chi connectivity index (χ1v) is 9.46. The van der Waals surface area contributed by atoms with Gasteiger partial charge in [-0.2, -0.15) is 0 Å². The van der Waals surface area contributed by atoms with Crippen LogP contribution < -0.4 is 16.2 Å². The molecule has 0 atom stereocenters. The number of aryl methyl sites for hydroxylation is 1. The molecule has 9 nitrogen and oxygen atoms in total. The lowest BCUT2D eigenvalue weighted by atomic mass is 10.2. The zero-order valence-corrected chi connectivity index (χ0v) is 16.7. The number of anilines is 2. The average molecular weight is 413 g/mol. The van der Waals surface area contributed by atoms with Crippen molar-refractivity contribution in [2.24, 2.45) is 0 Å². The molecule has 0 aliphatic rings. The fraction of sp³-hybridized carbons (Fsp3) is 0.211. The summed E-state index contributed by atoms with van der Waals surface area (Å²) in [7, 11) is 1.55. The number of aromatic nitrogens is 3. The molecule has 0 radical (unpaired) electrons. The van der Waals surface area contributed by atoms with Crippen molar-refractivity contribution in [1.82, 2.24) is 14.8 Å². The lowest BCUT2D eigenvalue weighted by molar-refractivity contribution is -0.116. The number of nitrogens with one attached hydrogen (secondary N) is 2. The number of nitrogens with zero attached hydrogens (tertiary/aromatic N) is 3. The second-order valence-electron chi connectivity index (χ2n) is 6.19. The van der Waals surface area contributed by atoms with E-state index in [1.165, 1.54) is 22.0 Å². The Morgan fingerprint density at radius 2 is 1.86 bits per heavy atom. The molecule has 1 aromatic carbocycles. The third-order valence-corrected chi connectivity index (χ3v) is 4.64. The molecular formula is C19H19N5O4S. The molecule has 2 heterocycles. The Balaban J connectivity index is 1.58. The van der Waals surface area contributed by atoms with Gasteiger partial charge in [0.2, 0.25) is 11.0 Å². The summed E-state index contributed by atoms with van der Waals surface area (Å²) in [6.45, 7) is 2.08. The van der Waals surface area contributed by atoms with Gasteiger partial charge in [-0.15, -0.1) is 10.2 Å². The zero-order chi connectivity index (χ0) is 20.8. The second-order valence-corrected chi connectivity index (χ2v) is 7.25. The molecule has 0 bridgehead atoms. The van der Waals surface area contributed by atoms with Gasteiger partial charge in [0.1, 0.15) is 18.2 Å². The van der Waals surface area contributed by atoms with Crippen molar-refractivity contribution in [3.63, 3.8) is 0 Å². The molecule has 10 heteroatoms. The second kappa shape index (κ2) is 9.22. The van der Waals surface area contributed by atoms with Gasteiger partial charge in [0.15, 0.2) is 0 Å². The van der Waals surface area contributed by atoms with Gasteiger partial charge >= 0.3 is 0 Å². The van der Waals surface area contributed by atoms with E-state index in [-0.39, 0.29) is 23.9 Å². The molecule has 150 valence electrons. The van der Waals surface area contributed by atoms with Crippen LogP contribution in [0.3, 0.4) is 0 Å². The van der Waals surface area contributed by atoms with Crippen LogP contribution in [-0.2, 0) is 22.7 Å². The summed E-state index contributed by atoms with van der Waals surface area (Å²) in [6.07, 6.45) is 1.63. The predicted molar refractivity (Wildman–Crippen MR) is 109 cm³/mol. The molecule has 0 saturated heterocycles. The lowest BCUT2D eigenvalue weighted by Crippen LogP contribution is -2.26. The summed E-state index contributed by atoms with van der Waals surface area (Å²) in [6, 6.07) is 9.51. The van der Waals surface area contributed by atoms with Crippen LogP contribution in [0.5, 0.6) is 0 Å². The minimum absolute atomic E-state index is 0.0936. The fourth-order valence-electron chi connectivity index (χ4n) is 2.49.